The Morgan fingerprint density at radius 2 is 1.82 bits per heavy atom. The molecule has 0 atom stereocenters. The predicted octanol–water partition coefficient (Wildman–Crippen LogP) is 4.68. The number of aliphatic imine (C=N–C) groups is 1. The van der Waals surface area contributed by atoms with Crippen molar-refractivity contribution in [2.24, 2.45) is 4.99 Å². The smallest absolute Gasteiger partial charge is 0.258 e. The molecule has 3 rings (SSSR count). The molecule has 0 bridgehead atoms. The average Bonchev–Trinajstić information content (AvgIpc) is 3.10. The van der Waals surface area contributed by atoms with E-state index in [1.165, 1.54) is 0 Å². The Morgan fingerprint density at radius 3 is 2.48 bits per heavy atom. The van der Waals surface area contributed by atoms with Crippen molar-refractivity contribution in [1.29, 1.82) is 0 Å². The minimum Gasteiger partial charge on any atom is -0.378 e. The summed E-state index contributed by atoms with van der Waals surface area (Å²) in [5.41, 5.74) is 6.67. The van der Waals surface area contributed by atoms with Gasteiger partial charge in [-0.15, -0.1) is 0 Å². The molecule has 33 heavy (non-hydrogen) atoms. The van der Waals surface area contributed by atoms with Crippen LogP contribution in [0.2, 0.25) is 0 Å². The summed E-state index contributed by atoms with van der Waals surface area (Å²) in [4.78, 5) is 19.7. The Labute approximate surface area is 196 Å². The van der Waals surface area contributed by atoms with E-state index in [0.717, 1.165) is 46.7 Å². The molecule has 0 aliphatic heterocycles. The van der Waals surface area contributed by atoms with Gasteiger partial charge >= 0.3 is 0 Å². The number of rotatable bonds is 7. The van der Waals surface area contributed by atoms with Crippen molar-refractivity contribution < 1.29 is 4.79 Å². The summed E-state index contributed by atoms with van der Waals surface area (Å²) < 4.78 is 1.95. The zero-order valence-corrected chi connectivity index (χ0v) is 20.4. The number of nitrogens with one attached hydrogen (secondary N) is 2. The lowest BCUT2D eigenvalue weighted by molar-refractivity contribution is 0.0977. The first-order valence-electron chi connectivity index (χ1n) is 11.3. The van der Waals surface area contributed by atoms with Crippen LogP contribution in [0.25, 0.3) is 0 Å². The SMILES string of the molecule is CCCn1cc(CN=C(NC(=O)c2cccc(N(C)C)c2)Nc2cc(C)cc(C)c2)c(C)n1. The Hall–Kier alpha value is -3.61. The first-order valence-corrected chi connectivity index (χ1v) is 11.3. The second-order valence-corrected chi connectivity index (χ2v) is 8.57. The molecule has 7 heteroatoms. The Morgan fingerprint density at radius 1 is 1.09 bits per heavy atom. The van der Waals surface area contributed by atoms with Gasteiger partial charge in [-0.25, -0.2) is 4.99 Å². The second kappa shape index (κ2) is 10.8. The molecule has 0 fully saturated rings. The third-order valence-electron chi connectivity index (χ3n) is 5.25. The maximum absolute atomic E-state index is 13.1. The molecule has 0 radical (unpaired) electrons. The van der Waals surface area contributed by atoms with Gasteiger partial charge in [0, 0.05) is 49.3 Å². The van der Waals surface area contributed by atoms with Crippen molar-refractivity contribution in [3.8, 4) is 0 Å². The van der Waals surface area contributed by atoms with E-state index in [-0.39, 0.29) is 5.91 Å². The Balaban J connectivity index is 1.86. The van der Waals surface area contributed by atoms with Crippen LogP contribution in [0.4, 0.5) is 11.4 Å². The number of carbonyl (C=O) groups excluding carboxylic acids is 1. The topological polar surface area (TPSA) is 74.6 Å². The van der Waals surface area contributed by atoms with Crippen LogP contribution in [0.15, 0.2) is 53.7 Å². The highest BCUT2D eigenvalue weighted by Crippen LogP contribution is 2.16. The summed E-state index contributed by atoms with van der Waals surface area (Å²) in [6.07, 6.45) is 3.05. The number of hydrogen-bond donors (Lipinski definition) is 2. The van der Waals surface area contributed by atoms with E-state index in [1.807, 2.05) is 81.0 Å². The van der Waals surface area contributed by atoms with Crippen LogP contribution in [0.3, 0.4) is 0 Å². The lowest BCUT2D eigenvalue weighted by Crippen LogP contribution is -2.36. The van der Waals surface area contributed by atoms with Gasteiger partial charge in [-0.05, 0) is 68.7 Å². The molecular formula is C26H34N6O. The van der Waals surface area contributed by atoms with Gasteiger partial charge in [-0.2, -0.15) is 5.10 Å². The highest BCUT2D eigenvalue weighted by Gasteiger charge is 2.12. The van der Waals surface area contributed by atoms with Gasteiger partial charge in [0.2, 0.25) is 5.96 Å². The van der Waals surface area contributed by atoms with E-state index in [9.17, 15) is 4.79 Å². The third-order valence-corrected chi connectivity index (χ3v) is 5.25. The molecule has 0 aliphatic rings. The van der Waals surface area contributed by atoms with Crippen LogP contribution in [0, 0.1) is 20.8 Å². The van der Waals surface area contributed by atoms with Gasteiger partial charge in [0.15, 0.2) is 0 Å². The predicted molar refractivity (Wildman–Crippen MR) is 136 cm³/mol. The maximum Gasteiger partial charge on any atom is 0.258 e. The van der Waals surface area contributed by atoms with Crippen molar-refractivity contribution >= 4 is 23.2 Å². The van der Waals surface area contributed by atoms with E-state index < -0.39 is 0 Å². The molecule has 174 valence electrons. The van der Waals surface area contributed by atoms with Crippen molar-refractivity contribution in [2.45, 2.75) is 47.2 Å². The highest BCUT2D eigenvalue weighted by molar-refractivity contribution is 6.10. The largest absolute Gasteiger partial charge is 0.378 e. The number of hydrogen-bond acceptors (Lipinski definition) is 4. The summed E-state index contributed by atoms with van der Waals surface area (Å²) in [5, 5.41) is 10.8. The van der Waals surface area contributed by atoms with Crippen molar-refractivity contribution in [3.05, 3.63) is 76.6 Å². The minimum absolute atomic E-state index is 0.215. The summed E-state index contributed by atoms with van der Waals surface area (Å²) in [6.45, 7) is 9.50. The number of aromatic nitrogens is 2. The molecular weight excluding hydrogens is 412 g/mol. The van der Waals surface area contributed by atoms with Gasteiger partial charge in [0.1, 0.15) is 0 Å². The van der Waals surface area contributed by atoms with E-state index in [0.29, 0.717) is 18.1 Å². The van der Waals surface area contributed by atoms with Crippen LogP contribution in [0.5, 0.6) is 0 Å². The van der Waals surface area contributed by atoms with Crippen molar-refractivity contribution in [2.75, 3.05) is 24.3 Å². The molecule has 1 aromatic heterocycles. The monoisotopic (exact) mass is 446 g/mol. The first-order chi connectivity index (χ1) is 15.7. The first kappa shape index (κ1) is 24.0. The Bertz CT molecular complexity index is 1130. The molecule has 2 N–H and O–H groups in total. The van der Waals surface area contributed by atoms with Gasteiger partial charge in [-0.3, -0.25) is 14.8 Å². The van der Waals surface area contributed by atoms with E-state index in [2.05, 4.69) is 28.7 Å². The van der Waals surface area contributed by atoms with Crippen molar-refractivity contribution in [1.82, 2.24) is 15.1 Å². The fourth-order valence-corrected chi connectivity index (χ4v) is 3.62. The van der Waals surface area contributed by atoms with Gasteiger partial charge in [0.05, 0.1) is 12.2 Å². The van der Waals surface area contributed by atoms with E-state index in [4.69, 9.17) is 4.99 Å². The number of guanidine groups is 1. The van der Waals surface area contributed by atoms with Crippen LogP contribution in [-0.2, 0) is 13.1 Å². The maximum atomic E-state index is 13.1. The molecule has 0 saturated carbocycles. The van der Waals surface area contributed by atoms with E-state index >= 15 is 0 Å². The second-order valence-electron chi connectivity index (χ2n) is 8.57. The van der Waals surface area contributed by atoms with Crippen LogP contribution in [0.1, 0.15) is 46.1 Å². The molecule has 0 aliphatic carbocycles. The number of nitrogens with zero attached hydrogens (tertiary/aromatic N) is 4. The summed E-state index contributed by atoms with van der Waals surface area (Å²) in [5.74, 6) is 0.190. The van der Waals surface area contributed by atoms with Gasteiger partial charge in [-0.1, -0.05) is 19.1 Å². The summed E-state index contributed by atoms with van der Waals surface area (Å²) in [7, 11) is 3.90. The molecule has 7 nitrogen and oxygen atoms in total. The summed E-state index contributed by atoms with van der Waals surface area (Å²) in [6, 6.07) is 13.7. The fraction of sp³-hybridized carbons (Fsp3) is 0.346. The lowest BCUT2D eigenvalue weighted by Gasteiger charge is -2.15. The Kier molecular flexibility index (Phi) is 7.87. The molecule has 3 aromatic rings. The van der Waals surface area contributed by atoms with E-state index in [1.54, 1.807) is 6.07 Å². The molecule has 1 heterocycles. The number of benzene rings is 2. The molecule has 0 saturated heterocycles. The normalized spacial score (nSPS) is 11.4. The summed E-state index contributed by atoms with van der Waals surface area (Å²) >= 11 is 0. The number of anilines is 2. The highest BCUT2D eigenvalue weighted by atomic mass is 16.1. The standard InChI is InChI=1S/C26H34N6O/c1-7-11-32-17-22(20(4)30-32)16-27-26(28-23-13-18(2)12-19(3)14-23)29-25(33)21-9-8-10-24(15-21)31(5)6/h8-10,12-15,17H,7,11,16H2,1-6H3,(H2,27,28,29,33). The van der Waals surface area contributed by atoms with Gasteiger partial charge in [0.25, 0.3) is 5.91 Å². The third kappa shape index (κ3) is 6.68. The quantitative estimate of drug-likeness (QED) is 0.408. The number of aryl methyl sites for hydroxylation is 4. The number of carbonyl (C=O) groups is 1. The minimum atomic E-state index is -0.215. The van der Waals surface area contributed by atoms with Gasteiger partial charge < -0.3 is 10.2 Å². The zero-order chi connectivity index (χ0) is 24.0. The fourth-order valence-electron chi connectivity index (χ4n) is 3.62. The average molecular weight is 447 g/mol. The molecule has 1 amide bonds. The number of amides is 1. The van der Waals surface area contributed by atoms with Crippen LogP contribution >= 0.6 is 0 Å². The lowest BCUT2D eigenvalue weighted by atomic mass is 10.1. The molecule has 0 unspecified atom stereocenters. The van der Waals surface area contributed by atoms with Crippen LogP contribution in [-0.4, -0.2) is 35.7 Å². The molecule has 2 aromatic carbocycles. The van der Waals surface area contributed by atoms with Crippen molar-refractivity contribution in [3.63, 3.8) is 0 Å². The van der Waals surface area contributed by atoms with Crippen LogP contribution < -0.4 is 15.5 Å². The molecule has 0 spiro atoms. The zero-order valence-electron chi connectivity index (χ0n) is 20.4.